The van der Waals surface area contributed by atoms with Crippen LogP contribution in [0, 0.1) is 5.92 Å². The van der Waals surface area contributed by atoms with Crippen LogP contribution < -0.4 is 26.0 Å². The molecule has 0 unspecified atom stereocenters. The number of hydrogen-bond donors (Lipinski definition) is 4. The zero-order chi connectivity index (χ0) is 31.8. The number of benzene rings is 1. The van der Waals surface area contributed by atoms with Gasteiger partial charge in [-0.1, -0.05) is 11.3 Å². The Labute approximate surface area is 261 Å². The number of aromatic nitrogens is 3. The van der Waals surface area contributed by atoms with E-state index in [4.69, 9.17) is 28.3 Å². The van der Waals surface area contributed by atoms with Gasteiger partial charge in [0.1, 0.15) is 15.4 Å². The first-order valence-corrected chi connectivity index (χ1v) is 14.5. The third-order valence-corrected chi connectivity index (χ3v) is 8.09. The molecular formula is C27H27B3N8O5S. The van der Waals surface area contributed by atoms with Gasteiger partial charge in [-0.15, -0.1) is 21.5 Å². The number of rotatable bonds is 9. The van der Waals surface area contributed by atoms with Crippen LogP contribution >= 0.6 is 11.3 Å². The predicted octanol–water partition coefficient (Wildman–Crippen LogP) is 0.898. The molecule has 1 saturated heterocycles. The number of carbonyl (C=O) groups excluding carboxylic acids is 4. The lowest BCUT2D eigenvalue weighted by Crippen LogP contribution is -2.63. The zero-order valence-electron chi connectivity index (χ0n) is 24.3. The number of ether oxygens (including phenoxy) is 1. The van der Waals surface area contributed by atoms with Gasteiger partial charge in [0.25, 0.3) is 11.8 Å². The van der Waals surface area contributed by atoms with Crippen molar-refractivity contribution in [2.45, 2.75) is 37.5 Å². The monoisotopic (exact) mass is 608 g/mol. The summed E-state index contributed by atoms with van der Waals surface area (Å²) in [6, 6.07) is 6.63. The van der Waals surface area contributed by atoms with Crippen LogP contribution in [0.3, 0.4) is 0 Å². The number of nitrogens with zero attached hydrogens (tertiary/aromatic N) is 4. The number of anilines is 3. The molecule has 13 nitrogen and oxygen atoms in total. The maximum absolute atomic E-state index is 13.4. The Morgan fingerprint density at radius 1 is 1.16 bits per heavy atom. The molecule has 1 aliphatic heterocycles. The lowest BCUT2D eigenvalue weighted by Gasteiger charge is -2.40. The van der Waals surface area contributed by atoms with E-state index in [1.54, 1.807) is 32.0 Å². The summed E-state index contributed by atoms with van der Waals surface area (Å²) in [5.41, 5.74) is -0.120. The predicted molar refractivity (Wildman–Crippen MR) is 166 cm³/mol. The average Bonchev–Trinajstić information content (AvgIpc) is 3.70. The van der Waals surface area contributed by atoms with Crippen LogP contribution in [0.4, 0.5) is 17.2 Å². The molecule has 220 valence electrons. The number of piperazine rings is 1. The summed E-state index contributed by atoms with van der Waals surface area (Å²) in [4.78, 5) is 57.4. The van der Waals surface area contributed by atoms with Gasteiger partial charge < -0.3 is 30.9 Å². The van der Waals surface area contributed by atoms with Crippen molar-refractivity contribution in [3.05, 3.63) is 41.0 Å². The van der Waals surface area contributed by atoms with Crippen LogP contribution in [-0.4, -0.2) is 98.2 Å². The second kappa shape index (κ2) is 11.9. The van der Waals surface area contributed by atoms with E-state index in [0.29, 0.717) is 40.0 Å². The molecule has 6 radical (unpaired) electrons. The van der Waals surface area contributed by atoms with E-state index in [2.05, 4.69) is 36.4 Å². The highest BCUT2D eigenvalue weighted by atomic mass is 32.1. The van der Waals surface area contributed by atoms with Gasteiger partial charge in [-0.2, -0.15) is 0 Å². The fourth-order valence-electron chi connectivity index (χ4n) is 4.60. The quantitative estimate of drug-likeness (QED) is 0.258. The molecule has 44 heavy (non-hydrogen) atoms. The molecule has 5 rings (SSSR count). The molecule has 1 aliphatic carbocycles. The highest BCUT2D eigenvalue weighted by Gasteiger charge is 2.41. The van der Waals surface area contributed by atoms with Crippen molar-refractivity contribution in [2.75, 3.05) is 30.8 Å². The molecule has 4 amide bonds. The maximum atomic E-state index is 13.4. The molecule has 2 fully saturated rings. The Morgan fingerprint density at radius 3 is 2.59 bits per heavy atom. The highest BCUT2D eigenvalue weighted by molar-refractivity contribution is 7.17. The number of carbonyl (C=O) groups is 4. The van der Waals surface area contributed by atoms with Crippen molar-refractivity contribution in [3.63, 3.8) is 0 Å². The van der Waals surface area contributed by atoms with Gasteiger partial charge in [0, 0.05) is 25.1 Å². The smallest absolute Gasteiger partial charge is 0.272 e. The minimum Gasteiger partial charge on any atom is -0.494 e. The van der Waals surface area contributed by atoms with E-state index in [0.717, 1.165) is 24.2 Å². The molecule has 2 aliphatic rings. The Balaban J connectivity index is 1.47. The van der Waals surface area contributed by atoms with Gasteiger partial charge in [0.15, 0.2) is 17.3 Å². The van der Waals surface area contributed by atoms with E-state index in [9.17, 15) is 19.2 Å². The number of para-hydroxylation sites is 1. The molecule has 0 bridgehead atoms. The minimum absolute atomic E-state index is 0.0893. The Kier molecular flexibility index (Phi) is 8.43. The minimum atomic E-state index is -2.03. The van der Waals surface area contributed by atoms with E-state index >= 15 is 0 Å². The third-order valence-electron chi connectivity index (χ3n) is 7.07. The van der Waals surface area contributed by atoms with Crippen LogP contribution in [0.2, 0.25) is 0 Å². The molecule has 4 N–H and O–H groups in total. The first kappa shape index (κ1) is 31.0. The molecular weight excluding hydrogens is 581 g/mol. The Bertz CT molecular complexity index is 1640. The van der Waals surface area contributed by atoms with Crippen molar-refractivity contribution >= 4 is 75.7 Å². The lowest BCUT2D eigenvalue weighted by atomic mass is 9.49. The van der Waals surface area contributed by atoms with Gasteiger partial charge in [-0.05, 0) is 38.8 Å². The second-order valence-electron chi connectivity index (χ2n) is 11.0. The first-order valence-electron chi connectivity index (χ1n) is 13.7. The van der Waals surface area contributed by atoms with Gasteiger partial charge in [0.2, 0.25) is 11.8 Å². The molecule has 0 atom stereocenters. The number of methoxy groups -OCH3 is 1. The lowest BCUT2D eigenvalue weighted by molar-refractivity contribution is -0.133. The fourth-order valence-corrected chi connectivity index (χ4v) is 5.49. The molecule has 3 aromatic rings. The first-order chi connectivity index (χ1) is 20.8. The van der Waals surface area contributed by atoms with Gasteiger partial charge in [0.05, 0.1) is 53.8 Å². The van der Waals surface area contributed by atoms with Crippen LogP contribution in [0.1, 0.15) is 46.8 Å². The van der Waals surface area contributed by atoms with Gasteiger partial charge in [-0.25, -0.2) is 4.98 Å². The van der Waals surface area contributed by atoms with Gasteiger partial charge in [-0.3, -0.25) is 19.2 Å². The van der Waals surface area contributed by atoms with Crippen molar-refractivity contribution in [3.8, 4) is 16.3 Å². The topological polar surface area (TPSA) is 168 Å². The molecule has 3 heterocycles. The summed E-state index contributed by atoms with van der Waals surface area (Å²) in [7, 11) is 18.1. The summed E-state index contributed by atoms with van der Waals surface area (Å²) in [5, 5.41) is 17.2. The number of amides is 4. The Hall–Kier alpha value is -4.40. The number of nitrogens with one attached hydrogen (secondary N) is 4. The number of hydrogen-bond acceptors (Lipinski definition) is 10. The van der Waals surface area contributed by atoms with E-state index in [1.165, 1.54) is 24.3 Å². The largest absolute Gasteiger partial charge is 0.494 e. The van der Waals surface area contributed by atoms with E-state index in [-0.39, 0.29) is 40.8 Å². The zero-order valence-corrected chi connectivity index (χ0v) is 25.1. The van der Waals surface area contributed by atoms with Crippen molar-refractivity contribution in [2.24, 2.45) is 5.92 Å². The summed E-state index contributed by atoms with van der Waals surface area (Å²) in [5.74, 6) is -1.18. The normalized spacial score (nSPS) is 16.1. The molecule has 1 aromatic carbocycles. The molecule has 2 aromatic heterocycles. The summed E-state index contributed by atoms with van der Waals surface area (Å²) in [6.07, 6.45) is 3.04. The standard InChI is InChI=1S/C27H27B3N8O5S/c1-26(2)25(42)31-9-10-38(26)24(41)17-12-32-23(44-17)14-5-4-6-15(20(14)43-3)33-16-11-18(34-21(39)13-7-8-13)36-37-19(16)22(40)35-27(28,29)30/h4-6,11-13H,7-10H2,1-3H3,(H,31,42)(H,35,40)(H2,33,34,36,39). The van der Waals surface area contributed by atoms with E-state index in [1.807, 2.05) is 0 Å². The maximum Gasteiger partial charge on any atom is 0.272 e. The SMILES string of the molecule is [B]C([B])([B])NC(=O)c1nnc(NC(=O)C2CC2)cc1Nc1cccc(-c2ncc(C(=O)N3CCNC(=O)C3(C)C)s2)c1OC. The van der Waals surface area contributed by atoms with Crippen molar-refractivity contribution in [1.82, 2.24) is 30.7 Å². The highest BCUT2D eigenvalue weighted by Crippen LogP contribution is 2.40. The Morgan fingerprint density at radius 2 is 1.91 bits per heavy atom. The molecule has 0 spiro atoms. The van der Waals surface area contributed by atoms with Crippen LogP contribution in [0.15, 0.2) is 30.5 Å². The third kappa shape index (κ3) is 6.57. The molecule has 1 saturated carbocycles. The van der Waals surface area contributed by atoms with Crippen LogP contribution in [0.5, 0.6) is 5.75 Å². The summed E-state index contributed by atoms with van der Waals surface area (Å²) in [6.45, 7) is 4.12. The fraction of sp³-hybridized carbons (Fsp3) is 0.370. The summed E-state index contributed by atoms with van der Waals surface area (Å²) < 4.78 is 5.74. The summed E-state index contributed by atoms with van der Waals surface area (Å²) >= 11 is 1.15. The van der Waals surface area contributed by atoms with Crippen LogP contribution in [0.25, 0.3) is 10.6 Å². The van der Waals surface area contributed by atoms with Crippen LogP contribution in [-0.2, 0) is 9.59 Å². The van der Waals surface area contributed by atoms with E-state index < -0.39 is 16.7 Å². The van der Waals surface area contributed by atoms with Crippen molar-refractivity contribution < 1.29 is 23.9 Å². The van der Waals surface area contributed by atoms with Gasteiger partial charge >= 0.3 is 0 Å². The number of thiazole rings is 1. The van der Waals surface area contributed by atoms with Crippen molar-refractivity contribution in [1.29, 1.82) is 0 Å². The molecule has 17 heteroatoms. The second-order valence-corrected chi connectivity index (χ2v) is 12.0. The average molecular weight is 608 g/mol.